The van der Waals surface area contributed by atoms with Gasteiger partial charge in [-0.25, -0.2) is 0 Å². The third kappa shape index (κ3) is 2.93. The molecule has 1 aromatic heterocycles. The molecule has 5 nitrogen and oxygen atoms in total. The van der Waals surface area contributed by atoms with Crippen molar-refractivity contribution in [1.29, 1.82) is 0 Å². The normalized spacial score (nSPS) is 10.2. The summed E-state index contributed by atoms with van der Waals surface area (Å²) in [6.45, 7) is 5.84. The number of nitrogens with zero attached hydrogens (tertiary/aromatic N) is 1. The van der Waals surface area contributed by atoms with E-state index in [1.54, 1.807) is 20.3 Å². The highest BCUT2D eigenvalue weighted by Crippen LogP contribution is 2.39. The number of aryl methyl sites for hydroxylation is 1. The second-order valence-corrected chi connectivity index (χ2v) is 4.18. The Kier molecular flexibility index (Phi) is 4.30. The maximum absolute atomic E-state index is 5.73. The summed E-state index contributed by atoms with van der Waals surface area (Å²) in [5, 5.41) is 3.81. The highest BCUT2D eigenvalue weighted by atomic mass is 16.5. The lowest BCUT2D eigenvalue weighted by molar-refractivity contribution is 0.228. The lowest BCUT2D eigenvalue weighted by Crippen LogP contribution is -2.00. The zero-order valence-corrected chi connectivity index (χ0v) is 11.8. The average molecular weight is 275 g/mol. The van der Waals surface area contributed by atoms with Gasteiger partial charge in [-0.1, -0.05) is 17.8 Å². The van der Waals surface area contributed by atoms with Gasteiger partial charge in [-0.3, -0.25) is 0 Å². The quantitative estimate of drug-likeness (QED) is 0.810. The molecule has 0 aliphatic carbocycles. The summed E-state index contributed by atoms with van der Waals surface area (Å²) in [4.78, 5) is 0. The first-order chi connectivity index (χ1) is 9.67. The third-order valence-electron chi connectivity index (χ3n) is 2.75. The summed E-state index contributed by atoms with van der Waals surface area (Å²) < 4.78 is 21.5. The van der Waals surface area contributed by atoms with Crippen LogP contribution < -0.4 is 14.2 Å². The van der Waals surface area contributed by atoms with Crippen LogP contribution in [0.2, 0.25) is 0 Å². The fraction of sp³-hybridized carbons (Fsp3) is 0.267. The van der Waals surface area contributed by atoms with Crippen LogP contribution in [-0.4, -0.2) is 19.4 Å². The number of aromatic nitrogens is 1. The molecule has 2 aromatic rings. The van der Waals surface area contributed by atoms with Gasteiger partial charge in [-0.2, -0.15) is 0 Å². The van der Waals surface area contributed by atoms with E-state index in [2.05, 4.69) is 11.7 Å². The third-order valence-corrected chi connectivity index (χ3v) is 2.75. The van der Waals surface area contributed by atoms with Crippen molar-refractivity contribution in [2.75, 3.05) is 14.2 Å². The van der Waals surface area contributed by atoms with E-state index < -0.39 is 0 Å². The summed E-state index contributed by atoms with van der Waals surface area (Å²) in [5.41, 5.74) is 1.70. The largest absolute Gasteiger partial charge is 0.493 e. The lowest BCUT2D eigenvalue weighted by Gasteiger charge is -2.14. The molecule has 5 heteroatoms. The molecule has 106 valence electrons. The summed E-state index contributed by atoms with van der Waals surface area (Å²) >= 11 is 0. The first-order valence-corrected chi connectivity index (χ1v) is 6.11. The molecule has 1 heterocycles. The number of ether oxygens (including phenoxy) is 3. The number of methoxy groups -OCH3 is 2. The Morgan fingerprint density at radius 3 is 2.30 bits per heavy atom. The van der Waals surface area contributed by atoms with Gasteiger partial charge >= 0.3 is 0 Å². The van der Waals surface area contributed by atoms with E-state index in [0.29, 0.717) is 23.0 Å². The van der Waals surface area contributed by atoms with Crippen molar-refractivity contribution in [3.05, 3.63) is 41.8 Å². The molecule has 0 fully saturated rings. The molecule has 0 unspecified atom stereocenters. The molecule has 0 saturated heterocycles. The van der Waals surface area contributed by atoms with Crippen LogP contribution in [0, 0.1) is 6.92 Å². The Hall–Kier alpha value is -2.43. The Bertz CT molecular complexity index is 579. The Morgan fingerprint density at radius 1 is 1.20 bits per heavy atom. The van der Waals surface area contributed by atoms with Crippen molar-refractivity contribution >= 4 is 6.08 Å². The van der Waals surface area contributed by atoms with E-state index in [4.69, 9.17) is 18.7 Å². The van der Waals surface area contributed by atoms with Crippen LogP contribution in [0.3, 0.4) is 0 Å². The van der Waals surface area contributed by atoms with E-state index in [1.807, 2.05) is 25.1 Å². The minimum absolute atomic E-state index is 0.251. The molecule has 0 aliphatic heterocycles. The summed E-state index contributed by atoms with van der Waals surface area (Å²) in [7, 11) is 3.15. The fourth-order valence-electron chi connectivity index (χ4n) is 1.79. The molecule has 0 bridgehead atoms. The topological polar surface area (TPSA) is 53.7 Å². The molecule has 0 radical (unpaired) electrons. The van der Waals surface area contributed by atoms with Gasteiger partial charge in [0.1, 0.15) is 6.61 Å². The molecule has 20 heavy (non-hydrogen) atoms. The number of rotatable bonds is 6. The van der Waals surface area contributed by atoms with Gasteiger partial charge < -0.3 is 18.7 Å². The molecule has 2 rings (SSSR count). The average Bonchev–Trinajstić information content (AvgIpc) is 2.89. The van der Waals surface area contributed by atoms with E-state index in [-0.39, 0.29) is 6.61 Å². The Labute approximate surface area is 117 Å². The molecular formula is C15H17NO4. The first kappa shape index (κ1) is 14.0. The van der Waals surface area contributed by atoms with E-state index >= 15 is 0 Å². The van der Waals surface area contributed by atoms with Crippen molar-refractivity contribution in [1.82, 2.24) is 5.16 Å². The minimum Gasteiger partial charge on any atom is -0.493 e. The standard InChI is InChI=1S/C15H17NO4/c1-5-11-7-13(17-3)15(14(8-11)18-4)19-9-12-6-10(2)16-20-12/h5-8H,1,9H2,2-4H3. The highest BCUT2D eigenvalue weighted by molar-refractivity contribution is 5.61. The van der Waals surface area contributed by atoms with Crippen molar-refractivity contribution in [3.63, 3.8) is 0 Å². The van der Waals surface area contributed by atoms with Gasteiger partial charge in [-0.15, -0.1) is 0 Å². The second-order valence-electron chi connectivity index (χ2n) is 4.18. The van der Waals surface area contributed by atoms with Crippen molar-refractivity contribution < 1.29 is 18.7 Å². The molecule has 0 atom stereocenters. The van der Waals surface area contributed by atoms with Crippen LogP contribution in [-0.2, 0) is 6.61 Å². The highest BCUT2D eigenvalue weighted by Gasteiger charge is 2.14. The maximum atomic E-state index is 5.73. The predicted molar refractivity (Wildman–Crippen MR) is 75.2 cm³/mol. The van der Waals surface area contributed by atoms with E-state index in [0.717, 1.165) is 11.3 Å². The first-order valence-electron chi connectivity index (χ1n) is 6.11. The van der Waals surface area contributed by atoms with Gasteiger partial charge in [0.25, 0.3) is 0 Å². The molecule has 0 spiro atoms. The molecule has 0 aliphatic rings. The molecule has 1 aromatic carbocycles. The van der Waals surface area contributed by atoms with Crippen LogP contribution in [0.15, 0.2) is 29.3 Å². The van der Waals surface area contributed by atoms with Gasteiger partial charge in [0.05, 0.1) is 19.9 Å². The summed E-state index contributed by atoms with van der Waals surface area (Å²) in [6.07, 6.45) is 1.72. The molecule has 0 amide bonds. The monoisotopic (exact) mass is 275 g/mol. The SMILES string of the molecule is C=Cc1cc(OC)c(OCc2cc(C)no2)c(OC)c1. The maximum Gasteiger partial charge on any atom is 0.204 e. The Balaban J connectivity index is 2.27. The van der Waals surface area contributed by atoms with E-state index in [9.17, 15) is 0 Å². The van der Waals surface area contributed by atoms with Gasteiger partial charge in [0.2, 0.25) is 5.75 Å². The van der Waals surface area contributed by atoms with Crippen LogP contribution in [0.1, 0.15) is 17.0 Å². The van der Waals surface area contributed by atoms with Crippen molar-refractivity contribution in [2.24, 2.45) is 0 Å². The lowest BCUT2D eigenvalue weighted by atomic mass is 10.2. The fourth-order valence-corrected chi connectivity index (χ4v) is 1.79. The second kappa shape index (κ2) is 6.14. The molecule has 0 N–H and O–H groups in total. The van der Waals surface area contributed by atoms with Gasteiger partial charge in [0.15, 0.2) is 17.3 Å². The smallest absolute Gasteiger partial charge is 0.204 e. The van der Waals surface area contributed by atoms with Crippen LogP contribution in [0.4, 0.5) is 0 Å². The van der Waals surface area contributed by atoms with Gasteiger partial charge in [0, 0.05) is 6.07 Å². The van der Waals surface area contributed by atoms with Crippen LogP contribution >= 0.6 is 0 Å². The predicted octanol–water partition coefficient (Wildman–Crippen LogP) is 3.22. The summed E-state index contributed by atoms with van der Waals surface area (Å²) in [5.74, 6) is 2.32. The number of benzene rings is 1. The molecular weight excluding hydrogens is 258 g/mol. The zero-order valence-electron chi connectivity index (χ0n) is 11.8. The van der Waals surface area contributed by atoms with Crippen molar-refractivity contribution in [2.45, 2.75) is 13.5 Å². The Morgan fingerprint density at radius 2 is 1.85 bits per heavy atom. The van der Waals surface area contributed by atoms with E-state index in [1.165, 1.54) is 0 Å². The number of hydrogen-bond donors (Lipinski definition) is 0. The summed E-state index contributed by atoms with van der Waals surface area (Å²) in [6, 6.07) is 5.48. The molecule has 0 saturated carbocycles. The van der Waals surface area contributed by atoms with Crippen LogP contribution in [0.25, 0.3) is 6.08 Å². The number of hydrogen-bond acceptors (Lipinski definition) is 5. The van der Waals surface area contributed by atoms with Crippen LogP contribution in [0.5, 0.6) is 17.2 Å². The van der Waals surface area contributed by atoms with Gasteiger partial charge in [-0.05, 0) is 24.6 Å². The zero-order chi connectivity index (χ0) is 14.5. The minimum atomic E-state index is 0.251. The van der Waals surface area contributed by atoms with Crippen molar-refractivity contribution in [3.8, 4) is 17.2 Å².